The van der Waals surface area contributed by atoms with Crippen molar-refractivity contribution in [2.45, 2.75) is 55.0 Å². The van der Waals surface area contributed by atoms with E-state index in [1.807, 2.05) is 30.1 Å². The fourth-order valence-electron chi connectivity index (χ4n) is 5.05. The maximum atomic E-state index is 13.5. The highest BCUT2D eigenvalue weighted by molar-refractivity contribution is 7.89. The second-order valence-corrected chi connectivity index (χ2v) is 9.42. The first kappa shape index (κ1) is 16.3. The molecule has 0 amide bonds. The second-order valence-electron chi connectivity index (χ2n) is 7.61. The molecule has 2 bridgehead atoms. The zero-order valence-electron chi connectivity index (χ0n) is 14.8. The number of hydrogen-bond acceptors (Lipinski definition) is 4. The minimum absolute atomic E-state index is 0.0657. The number of rotatable bonds is 3. The molecule has 4 heterocycles. The summed E-state index contributed by atoms with van der Waals surface area (Å²) in [6.45, 7) is 0.567. The highest BCUT2D eigenvalue weighted by Gasteiger charge is 2.48. The van der Waals surface area contributed by atoms with Gasteiger partial charge in [-0.2, -0.15) is 9.40 Å². The van der Waals surface area contributed by atoms with E-state index in [1.54, 1.807) is 10.4 Å². The first-order valence-electron chi connectivity index (χ1n) is 9.32. The lowest BCUT2D eigenvalue weighted by Crippen LogP contribution is -2.46. The van der Waals surface area contributed by atoms with Gasteiger partial charge in [0.15, 0.2) is 0 Å². The van der Waals surface area contributed by atoms with Crippen LogP contribution in [-0.2, 0) is 23.5 Å². The zero-order valence-corrected chi connectivity index (χ0v) is 15.7. The number of para-hydroxylation sites is 1. The number of benzene rings is 1. The Labute approximate surface area is 153 Å². The van der Waals surface area contributed by atoms with Gasteiger partial charge in [-0.05, 0) is 43.4 Å². The summed E-state index contributed by atoms with van der Waals surface area (Å²) in [5.74, 6) is 0.949. The van der Waals surface area contributed by atoms with Crippen molar-refractivity contribution in [2.24, 2.45) is 7.05 Å². The van der Waals surface area contributed by atoms with Crippen molar-refractivity contribution >= 4 is 10.0 Å². The first-order valence-corrected chi connectivity index (χ1v) is 10.8. The summed E-state index contributed by atoms with van der Waals surface area (Å²) in [4.78, 5) is 0.350. The van der Waals surface area contributed by atoms with Crippen LogP contribution in [0.2, 0.25) is 0 Å². The second kappa shape index (κ2) is 5.82. The fourth-order valence-corrected chi connectivity index (χ4v) is 7.12. The van der Waals surface area contributed by atoms with E-state index in [1.165, 1.54) is 5.69 Å². The van der Waals surface area contributed by atoms with Gasteiger partial charge in [0.2, 0.25) is 10.0 Å². The largest absolute Gasteiger partial charge is 0.492 e. The van der Waals surface area contributed by atoms with Crippen LogP contribution in [0.1, 0.15) is 42.9 Å². The van der Waals surface area contributed by atoms with Crippen LogP contribution >= 0.6 is 0 Å². The number of nitrogens with zero attached hydrogens (tertiary/aromatic N) is 3. The zero-order chi connectivity index (χ0) is 17.9. The van der Waals surface area contributed by atoms with Crippen LogP contribution in [0, 0.1) is 0 Å². The smallest absolute Gasteiger partial charge is 0.247 e. The monoisotopic (exact) mass is 373 g/mol. The van der Waals surface area contributed by atoms with Gasteiger partial charge < -0.3 is 4.74 Å². The highest BCUT2D eigenvalue weighted by Crippen LogP contribution is 2.47. The van der Waals surface area contributed by atoms with Crippen LogP contribution in [0.4, 0.5) is 0 Å². The van der Waals surface area contributed by atoms with Crippen molar-refractivity contribution in [3.05, 3.63) is 41.7 Å². The van der Waals surface area contributed by atoms with E-state index in [4.69, 9.17) is 4.74 Å². The van der Waals surface area contributed by atoms with Crippen molar-refractivity contribution in [1.29, 1.82) is 0 Å². The summed E-state index contributed by atoms with van der Waals surface area (Å²) in [7, 11) is -1.58. The molecule has 138 valence electrons. The van der Waals surface area contributed by atoms with Crippen molar-refractivity contribution in [3.8, 4) is 5.75 Å². The molecule has 1 aromatic heterocycles. The molecule has 0 spiro atoms. The van der Waals surface area contributed by atoms with Gasteiger partial charge in [0.1, 0.15) is 10.6 Å². The summed E-state index contributed by atoms with van der Waals surface area (Å²) in [6, 6.07) is 7.69. The molecule has 0 saturated carbocycles. The number of aromatic nitrogens is 2. The third-order valence-electron chi connectivity index (χ3n) is 6.18. The van der Waals surface area contributed by atoms with Crippen LogP contribution < -0.4 is 4.74 Å². The molecule has 0 aliphatic carbocycles. The van der Waals surface area contributed by atoms with Crippen LogP contribution in [0.15, 0.2) is 35.4 Å². The third kappa shape index (κ3) is 2.33. The summed E-state index contributed by atoms with van der Waals surface area (Å²) >= 11 is 0. The van der Waals surface area contributed by atoms with E-state index in [2.05, 4.69) is 11.2 Å². The Hall–Kier alpha value is -1.86. The van der Waals surface area contributed by atoms with Gasteiger partial charge in [0.25, 0.3) is 0 Å². The lowest BCUT2D eigenvalue weighted by molar-refractivity contribution is 0.221. The lowest BCUT2D eigenvalue weighted by atomic mass is 9.89. The van der Waals surface area contributed by atoms with Gasteiger partial charge in [0, 0.05) is 43.4 Å². The molecule has 3 aliphatic heterocycles. The molecule has 6 nitrogen and oxygen atoms in total. The maximum Gasteiger partial charge on any atom is 0.247 e. The van der Waals surface area contributed by atoms with Crippen LogP contribution in [0.25, 0.3) is 0 Å². The topological polar surface area (TPSA) is 64.4 Å². The minimum atomic E-state index is -3.54. The molecule has 0 radical (unpaired) electrons. The lowest BCUT2D eigenvalue weighted by Gasteiger charge is -2.38. The van der Waals surface area contributed by atoms with Gasteiger partial charge in [-0.3, -0.25) is 4.68 Å². The molecule has 2 atom stereocenters. The molecule has 2 saturated heterocycles. The van der Waals surface area contributed by atoms with Gasteiger partial charge >= 0.3 is 0 Å². The van der Waals surface area contributed by atoms with Crippen molar-refractivity contribution < 1.29 is 13.2 Å². The Morgan fingerprint density at radius 3 is 2.62 bits per heavy atom. The maximum absolute atomic E-state index is 13.5. The number of sulfonamides is 1. The summed E-state index contributed by atoms with van der Waals surface area (Å²) in [5, 5.41) is 4.29. The van der Waals surface area contributed by atoms with E-state index in [0.717, 1.165) is 37.7 Å². The number of piperidine rings is 1. The van der Waals surface area contributed by atoms with E-state index in [-0.39, 0.29) is 12.1 Å². The molecule has 5 rings (SSSR count). The Balaban J connectivity index is 1.49. The van der Waals surface area contributed by atoms with E-state index < -0.39 is 10.0 Å². The normalized spacial score (nSPS) is 28.1. The quantitative estimate of drug-likeness (QED) is 0.829. The Bertz CT molecular complexity index is 939. The Kier molecular flexibility index (Phi) is 3.66. The molecule has 26 heavy (non-hydrogen) atoms. The Morgan fingerprint density at radius 1 is 1.15 bits per heavy atom. The van der Waals surface area contributed by atoms with Gasteiger partial charge in [-0.25, -0.2) is 8.42 Å². The fraction of sp³-hybridized carbons (Fsp3) is 0.526. The predicted octanol–water partition coefficient (Wildman–Crippen LogP) is 2.45. The molecular weight excluding hydrogens is 350 g/mol. The van der Waals surface area contributed by atoms with Crippen molar-refractivity contribution in [2.75, 3.05) is 6.61 Å². The van der Waals surface area contributed by atoms with Crippen molar-refractivity contribution in [3.63, 3.8) is 0 Å². The van der Waals surface area contributed by atoms with Gasteiger partial charge in [0.05, 0.1) is 6.61 Å². The number of ether oxygens (including phenoxy) is 1. The summed E-state index contributed by atoms with van der Waals surface area (Å²) in [6.07, 6.45) is 6.22. The first-order chi connectivity index (χ1) is 12.6. The molecule has 2 unspecified atom stereocenters. The van der Waals surface area contributed by atoms with Gasteiger partial charge in [-0.1, -0.05) is 12.1 Å². The molecule has 0 N–H and O–H groups in total. The number of hydrogen-bond donors (Lipinski definition) is 0. The number of aryl methyl sites for hydroxylation is 1. The van der Waals surface area contributed by atoms with Crippen LogP contribution in [0.3, 0.4) is 0 Å². The molecular formula is C19H23N3O3S. The predicted molar refractivity (Wildman–Crippen MR) is 96.7 cm³/mol. The molecule has 3 aliphatic rings. The average Bonchev–Trinajstić information content (AvgIpc) is 3.32. The minimum Gasteiger partial charge on any atom is -0.492 e. The standard InChI is InChI=1S/C19H23N3O3S/c1-21-17(7-9-20-21)14-11-15-5-6-16(12-14)22(15)26(23,24)18-4-2-3-13-8-10-25-19(13)18/h2-4,7,9,14-16H,5-6,8,10-12H2,1H3. The van der Waals surface area contributed by atoms with E-state index in [0.29, 0.717) is 23.2 Å². The van der Waals surface area contributed by atoms with Gasteiger partial charge in [-0.15, -0.1) is 0 Å². The number of fused-ring (bicyclic) bond motifs is 3. The Morgan fingerprint density at radius 2 is 1.92 bits per heavy atom. The molecule has 2 fully saturated rings. The van der Waals surface area contributed by atoms with Crippen LogP contribution in [0.5, 0.6) is 5.75 Å². The van der Waals surface area contributed by atoms with E-state index in [9.17, 15) is 8.42 Å². The molecule has 2 aromatic rings. The van der Waals surface area contributed by atoms with Crippen molar-refractivity contribution in [1.82, 2.24) is 14.1 Å². The van der Waals surface area contributed by atoms with E-state index >= 15 is 0 Å². The SMILES string of the molecule is Cn1nccc1C1CC2CCC(C1)N2S(=O)(=O)c1cccc2c1OCC2. The highest BCUT2D eigenvalue weighted by atomic mass is 32.2. The van der Waals surface area contributed by atoms with Crippen LogP contribution in [-0.4, -0.2) is 41.2 Å². The summed E-state index contributed by atoms with van der Waals surface area (Å²) in [5.41, 5.74) is 2.21. The summed E-state index contributed by atoms with van der Waals surface area (Å²) < 4.78 is 36.4. The molecule has 7 heteroatoms. The molecule has 1 aromatic carbocycles. The average molecular weight is 373 g/mol. The third-order valence-corrected chi connectivity index (χ3v) is 8.21.